The molecule has 1 amide bonds. The van der Waals surface area contributed by atoms with Crippen molar-refractivity contribution in [3.05, 3.63) is 34.7 Å². The van der Waals surface area contributed by atoms with Gasteiger partial charge in [0.2, 0.25) is 5.91 Å². The zero-order valence-corrected chi connectivity index (χ0v) is 9.94. The van der Waals surface area contributed by atoms with E-state index < -0.39 is 0 Å². The average Bonchev–Trinajstić information content (AvgIpc) is 2.37. The zero-order chi connectivity index (χ0) is 11.8. The molecule has 2 aliphatic rings. The van der Waals surface area contributed by atoms with Crippen LogP contribution >= 0.6 is 0 Å². The number of nitrogens with one attached hydrogen (secondary N) is 1. The Labute approximate surface area is 100 Å². The first-order valence-electron chi connectivity index (χ1n) is 6.05. The van der Waals surface area contributed by atoms with Crippen LogP contribution in [0.15, 0.2) is 24.3 Å². The summed E-state index contributed by atoms with van der Waals surface area (Å²) >= 11 is 0. The third-order valence-corrected chi connectivity index (χ3v) is 3.58. The summed E-state index contributed by atoms with van der Waals surface area (Å²) in [7, 11) is 0. The van der Waals surface area contributed by atoms with Gasteiger partial charge in [0.25, 0.3) is 0 Å². The molecule has 1 atom stereocenters. The third kappa shape index (κ3) is 1.67. The van der Waals surface area contributed by atoms with E-state index in [9.17, 15) is 4.79 Å². The third-order valence-electron chi connectivity index (χ3n) is 3.58. The maximum absolute atomic E-state index is 11.7. The minimum absolute atomic E-state index is 0.119. The van der Waals surface area contributed by atoms with Crippen molar-refractivity contribution < 1.29 is 4.79 Å². The van der Waals surface area contributed by atoms with Crippen molar-refractivity contribution in [2.45, 2.75) is 13.3 Å². The lowest BCUT2D eigenvalue weighted by Gasteiger charge is -2.37. The van der Waals surface area contributed by atoms with Gasteiger partial charge in [0.05, 0.1) is 6.67 Å². The van der Waals surface area contributed by atoms with E-state index in [1.807, 2.05) is 11.0 Å². The Kier molecular flexibility index (Phi) is 2.48. The Morgan fingerprint density at radius 3 is 3.06 bits per heavy atom. The second-order valence-corrected chi connectivity index (χ2v) is 4.67. The summed E-state index contributed by atoms with van der Waals surface area (Å²) in [5.41, 5.74) is 1.20. The van der Waals surface area contributed by atoms with Gasteiger partial charge in [0.15, 0.2) is 0 Å². The van der Waals surface area contributed by atoms with Gasteiger partial charge >= 0.3 is 0 Å². The van der Waals surface area contributed by atoms with Crippen LogP contribution in [0.5, 0.6) is 0 Å². The monoisotopic (exact) mass is 228 g/mol. The van der Waals surface area contributed by atoms with Gasteiger partial charge in [-0.3, -0.25) is 10.1 Å². The van der Waals surface area contributed by atoms with Gasteiger partial charge in [-0.1, -0.05) is 30.3 Å². The number of carbonyl (C=O) groups excluding carboxylic acids is 1. The molecule has 17 heavy (non-hydrogen) atoms. The van der Waals surface area contributed by atoms with Gasteiger partial charge in [0.1, 0.15) is 0 Å². The summed E-state index contributed by atoms with van der Waals surface area (Å²) < 4.78 is 0. The van der Waals surface area contributed by atoms with Gasteiger partial charge in [-0.15, -0.1) is 0 Å². The lowest BCUT2D eigenvalue weighted by molar-refractivity contribution is -0.126. The van der Waals surface area contributed by atoms with Crippen LogP contribution in [0.4, 0.5) is 0 Å². The molecule has 88 valence electrons. The number of benzene rings is 1. The molecule has 1 unspecified atom stereocenters. The molecule has 0 aromatic heterocycles. The Morgan fingerprint density at radius 1 is 1.41 bits per heavy atom. The topological polar surface area (TPSA) is 32.3 Å². The minimum Gasteiger partial charge on any atom is -0.302 e. The maximum Gasteiger partial charge on any atom is 0.224 e. The van der Waals surface area contributed by atoms with Crippen LogP contribution in [-0.4, -0.2) is 24.0 Å². The lowest BCUT2D eigenvalue weighted by Crippen LogP contribution is -2.51. The van der Waals surface area contributed by atoms with Crippen molar-refractivity contribution in [3.8, 4) is 0 Å². The summed E-state index contributed by atoms with van der Waals surface area (Å²) in [5, 5.41) is 5.79. The molecular formula is C14H16N2O. The van der Waals surface area contributed by atoms with Crippen molar-refractivity contribution >= 4 is 17.7 Å². The van der Waals surface area contributed by atoms with Gasteiger partial charge in [-0.2, -0.15) is 0 Å². The molecule has 1 aromatic rings. The van der Waals surface area contributed by atoms with Crippen molar-refractivity contribution in [2.24, 2.45) is 5.92 Å². The fourth-order valence-electron chi connectivity index (χ4n) is 2.77. The Bertz CT molecular complexity index is 576. The Morgan fingerprint density at radius 2 is 2.24 bits per heavy atom. The highest BCUT2D eigenvalue weighted by molar-refractivity contribution is 5.82. The highest BCUT2D eigenvalue weighted by Gasteiger charge is 2.28. The summed E-state index contributed by atoms with van der Waals surface area (Å²) in [6, 6.07) is 8.34. The van der Waals surface area contributed by atoms with Crippen LogP contribution in [0, 0.1) is 5.92 Å². The van der Waals surface area contributed by atoms with E-state index in [1.165, 1.54) is 16.1 Å². The molecule has 0 radical (unpaired) electrons. The number of rotatable bonds is 0. The smallest absolute Gasteiger partial charge is 0.224 e. The Balaban J connectivity index is 2.27. The van der Waals surface area contributed by atoms with E-state index >= 15 is 0 Å². The van der Waals surface area contributed by atoms with Crippen LogP contribution in [0.1, 0.15) is 13.3 Å². The standard InChI is InChI=1S/C14H16N2O/c1-10(17)16-9-15-8-12-7-6-11-4-2-3-5-13(11)14(12)16/h2-6,12,15H,7-9H2,1H3. The molecule has 3 heteroatoms. The van der Waals surface area contributed by atoms with Gasteiger partial charge in [-0.05, 0) is 11.6 Å². The van der Waals surface area contributed by atoms with Crippen molar-refractivity contribution in [3.63, 3.8) is 0 Å². The van der Waals surface area contributed by atoms with Crippen LogP contribution in [0.2, 0.25) is 0 Å². The first kappa shape index (κ1) is 10.5. The van der Waals surface area contributed by atoms with Gasteiger partial charge < -0.3 is 4.90 Å². The van der Waals surface area contributed by atoms with E-state index in [4.69, 9.17) is 0 Å². The second kappa shape index (κ2) is 4.00. The summed E-state index contributed by atoms with van der Waals surface area (Å²) in [5.74, 6) is 0.552. The number of amides is 1. The number of carbonyl (C=O) groups is 1. The number of nitrogens with zero attached hydrogens (tertiary/aromatic N) is 1. The molecule has 1 aliphatic carbocycles. The normalized spacial score (nSPS) is 22.5. The molecule has 3 nitrogen and oxygen atoms in total. The fourth-order valence-corrected chi connectivity index (χ4v) is 2.77. The van der Waals surface area contributed by atoms with E-state index in [0.29, 0.717) is 12.6 Å². The number of fused-ring (bicyclic) bond motifs is 2. The van der Waals surface area contributed by atoms with Crippen LogP contribution in [-0.2, 0) is 4.79 Å². The van der Waals surface area contributed by atoms with Crippen LogP contribution in [0.3, 0.4) is 0 Å². The highest BCUT2D eigenvalue weighted by Crippen LogP contribution is 2.24. The van der Waals surface area contributed by atoms with Crippen molar-refractivity contribution in [1.29, 1.82) is 0 Å². The molecule has 0 spiro atoms. The molecule has 0 bridgehead atoms. The van der Waals surface area contributed by atoms with Crippen LogP contribution < -0.4 is 15.8 Å². The summed E-state index contributed by atoms with van der Waals surface area (Å²) in [6.07, 6.45) is 3.29. The molecule has 1 fully saturated rings. The SMILES string of the molecule is CC(=O)N1CNCC2CC=c3ccccc3=C21. The van der Waals surface area contributed by atoms with Crippen LogP contribution in [0.25, 0.3) is 11.8 Å². The maximum atomic E-state index is 11.7. The molecule has 1 saturated heterocycles. The van der Waals surface area contributed by atoms with Crippen molar-refractivity contribution in [2.75, 3.05) is 13.2 Å². The average molecular weight is 228 g/mol. The summed E-state index contributed by atoms with van der Waals surface area (Å²) in [4.78, 5) is 13.6. The zero-order valence-electron chi connectivity index (χ0n) is 9.94. The van der Waals surface area contributed by atoms with Crippen molar-refractivity contribution in [1.82, 2.24) is 10.2 Å². The first-order valence-corrected chi connectivity index (χ1v) is 6.05. The fraction of sp³-hybridized carbons (Fsp3) is 0.357. The molecule has 1 aliphatic heterocycles. The quantitative estimate of drug-likeness (QED) is 0.678. The molecule has 1 aromatic carbocycles. The van der Waals surface area contributed by atoms with E-state index in [2.05, 4.69) is 29.6 Å². The number of hydrogen-bond acceptors (Lipinski definition) is 2. The predicted molar refractivity (Wildman–Crippen MR) is 67.1 cm³/mol. The lowest BCUT2D eigenvalue weighted by atomic mass is 9.91. The van der Waals surface area contributed by atoms with Gasteiger partial charge in [-0.25, -0.2) is 0 Å². The largest absolute Gasteiger partial charge is 0.302 e. The molecule has 3 rings (SSSR count). The minimum atomic E-state index is 0.119. The second-order valence-electron chi connectivity index (χ2n) is 4.67. The highest BCUT2D eigenvalue weighted by atomic mass is 16.2. The van der Waals surface area contributed by atoms with Gasteiger partial charge in [0, 0.05) is 30.3 Å². The summed E-state index contributed by atoms with van der Waals surface area (Å²) in [6.45, 7) is 3.23. The Hall–Kier alpha value is -1.61. The molecule has 1 N–H and O–H groups in total. The molecule has 0 saturated carbocycles. The number of hydrogen-bond donors (Lipinski definition) is 1. The predicted octanol–water partition coefficient (Wildman–Crippen LogP) is 0.00440. The first-order chi connectivity index (χ1) is 8.27. The van der Waals surface area contributed by atoms with E-state index in [1.54, 1.807) is 6.92 Å². The van der Waals surface area contributed by atoms with E-state index in [-0.39, 0.29) is 5.91 Å². The van der Waals surface area contributed by atoms with E-state index in [0.717, 1.165) is 13.0 Å². The molecular weight excluding hydrogens is 212 g/mol. The molecule has 1 heterocycles.